The maximum atomic E-state index is 12.8. The van der Waals surface area contributed by atoms with E-state index in [4.69, 9.17) is 21.5 Å². The Morgan fingerprint density at radius 1 is 1.00 bits per heavy atom. The quantitative estimate of drug-likeness (QED) is 0.326. The Balaban J connectivity index is 0.000000532. The summed E-state index contributed by atoms with van der Waals surface area (Å²) in [5.74, 6) is -2.73. The van der Waals surface area contributed by atoms with Crippen LogP contribution in [-0.4, -0.2) is 38.1 Å². The van der Waals surface area contributed by atoms with Crippen molar-refractivity contribution in [2.45, 2.75) is 42.7 Å². The second kappa shape index (κ2) is 12.1. The van der Waals surface area contributed by atoms with E-state index in [0.717, 1.165) is 30.4 Å². The van der Waals surface area contributed by atoms with Crippen molar-refractivity contribution in [1.82, 2.24) is 5.32 Å². The number of nitrogens with one attached hydrogen (secondary N) is 2. The summed E-state index contributed by atoms with van der Waals surface area (Å²) in [5, 5.41) is 10.6. The largest absolute Gasteiger partial charge is 0.490 e. The molecule has 3 aromatic rings. The zero-order valence-electron chi connectivity index (χ0n) is 20.8. The molecule has 1 aliphatic carbocycles. The lowest BCUT2D eigenvalue weighted by Crippen LogP contribution is -2.35. The first-order chi connectivity index (χ1) is 18.2. The highest BCUT2D eigenvalue weighted by molar-refractivity contribution is 7.92. The topological polar surface area (TPSA) is 113 Å². The third-order valence-corrected chi connectivity index (χ3v) is 7.90. The van der Waals surface area contributed by atoms with Gasteiger partial charge in [0.15, 0.2) is 0 Å². The number of hydrogen-bond acceptors (Lipinski definition) is 4. The van der Waals surface area contributed by atoms with Crippen molar-refractivity contribution in [3.63, 3.8) is 0 Å². The fourth-order valence-electron chi connectivity index (χ4n) is 3.72. The molecule has 1 fully saturated rings. The van der Waals surface area contributed by atoms with Gasteiger partial charge in [-0.05, 0) is 67.1 Å². The van der Waals surface area contributed by atoms with Crippen molar-refractivity contribution >= 4 is 39.2 Å². The Morgan fingerprint density at radius 3 is 2.10 bits per heavy atom. The number of carboxylic acids is 1. The third-order valence-electron chi connectivity index (χ3n) is 6.11. The van der Waals surface area contributed by atoms with Crippen molar-refractivity contribution in [1.29, 1.82) is 0 Å². The Morgan fingerprint density at radius 2 is 1.59 bits per heavy atom. The van der Waals surface area contributed by atoms with Gasteiger partial charge in [0, 0.05) is 17.3 Å². The van der Waals surface area contributed by atoms with Gasteiger partial charge in [-0.2, -0.15) is 13.2 Å². The molecule has 12 heteroatoms. The van der Waals surface area contributed by atoms with E-state index in [0.29, 0.717) is 17.3 Å². The number of aryl methyl sites for hydroxylation is 1. The molecule has 0 spiro atoms. The summed E-state index contributed by atoms with van der Waals surface area (Å²) >= 11 is 6.07. The van der Waals surface area contributed by atoms with Crippen molar-refractivity contribution in [3.8, 4) is 0 Å². The molecule has 0 bridgehead atoms. The van der Waals surface area contributed by atoms with Crippen molar-refractivity contribution in [2.75, 3.05) is 11.3 Å². The van der Waals surface area contributed by atoms with Gasteiger partial charge in [0.2, 0.25) is 5.91 Å². The van der Waals surface area contributed by atoms with Gasteiger partial charge in [0.1, 0.15) is 0 Å². The number of halogens is 4. The fourth-order valence-corrected chi connectivity index (χ4v) is 5.05. The summed E-state index contributed by atoms with van der Waals surface area (Å²) in [4.78, 5) is 21.8. The summed E-state index contributed by atoms with van der Waals surface area (Å²) in [6.07, 6.45) is -2.72. The van der Waals surface area contributed by atoms with Gasteiger partial charge < -0.3 is 10.4 Å². The Bertz CT molecular complexity index is 1430. The lowest BCUT2D eigenvalue weighted by Gasteiger charge is -2.17. The standard InChI is InChI=1S/C25H25ClN2O3S.C2HF3O2/c1-18-7-12-22(17-23(18)26)32(30,31)28-21-10-8-20(9-11-21)25(14-15-25)24(29)27-16-13-19-5-3-2-4-6-19;3-2(4,5)1(6)7/h2-12,17,28H,13-16H2,1H3,(H,27,29);(H,6,7). The molecule has 0 unspecified atom stereocenters. The second-order valence-corrected chi connectivity index (χ2v) is 11.1. The lowest BCUT2D eigenvalue weighted by atomic mass is 9.94. The van der Waals surface area contributed by atoms with E-state index >= 15 is 0 Å². The Hall–Kier alpha value is -3.57. The SMILES string of the molecule is Cc1ccc(S(=O)(=O)Nc2ccc(C3(C(=O)NCCc4ccccc4)CC3)cc2)cc1Cl.O=C(O)C(F)(F)F. The monoisotopic (exact) mass is 582 g/mol. The zero-order chi connectivity index (χ0) is 28.8. The molecule has 7 nitrogen and oxygen atoms in total. The van der Waals surface area contributed by atoms with Crippen LogP contribution in [0.3, 0.4) is 0 Å². The lowest BCUT2D eigenvalue weighted by molar-refractivity contribution is -0.192. The highest BCUT2D eigenvalue weighted by Crippen LogP contribution is 2.48. The van der Waals surface area contributed by atoms with Crippen LogP contribution in [0.5, 0.6) is 0 Å². The number of rotatable bonds is 8. The molecule has 4 rings (SSSR count). The van der Waals surface area contributed by atoms with Crippen molar-refractivity contribution in [2.24, 2.45) is 0 Å². The predicted molar refractivity (Wildman–Crippen MR) is 141 cm³/mol. The molecule has 208 valence electrons. The van der Waals surface area contributed by atoms with E-state index in [1.807, 2.05) is 49.4 Å². The van der Waals surface area contributed by atoms with Gasteiger partial charge in [-0.25, -0.2) is 13.2 Å². The third kappa shape index (κ3) is 7.96. The Labute approximate surface area is 229 Å². The average molecular weight is 583 g/mol. The summed E-state index contributed by atoms with van der Waals surface area (Å²) < 4.78 is 59.6. The number of sulfonamides is 1. The normalized spacial score (nSPS) is 14.0. The van der Waals surface area contributed by atoms with Crippen molar-refractivity contribution in [3.05, 3.63) is 94.5 Å². The molecule has 39 heavy (non-hydrogen) atoms. The average Bonchev–Trinajstić information content (AvgIpc) is 3.68. The van der Waals surface area contributed by atoms with Crippen LogP contribution in [0, 0.1) is 6.92 Å². The first kappa shape index (κ1) is 30.0. The van der Waals surface area contributed by atoms with Gasteiger partial charge >= 0.3 is 12.1 Å². The van der Waals surface area contributed by atoms with Crippen LogP contribution >= 0.6 is 11.6 Å². The van der Waals surface area contributed by atoms with E-state index in [9.17, 15) is 26.4 Å². The van der Waals surface area contributed by atoms with Gasteiger partial charge in [0.25, 0.3) is 10.0 Å². The van der Waals surface area contributed by atoms with Gasteiger partial charge in [-0.3, -0.25) is 9.52 Å². The zero-order valence-corrected chi connectivity index (χ0v) is 22.3. The number of carbonyl (C=O) groups is 2. The number of amides is 1. The molecule has 3 aromatic carbocycles. The molecule has 1 saturated carbocycles. The number of alkyl halides is 3. The summed E-state index contributed by atoms with van der Waals surface area (Å²) in [6, 6.07) is 21.7. The van der Waals surface area contributed by atoms with E-state index in [1.165, 1.54) is 17.7 Å². The van der Waals surface area contributed by atoms with Crippen LogP contribution in [0.15, 0.2) is 77.7 Å². The van der Waals surface area contributed by atoms with E-state index < -0.39 is 27.6 Å². The van der Waals surface area contributed by atoms with Crippen LogP contribution in [-0.2, 0) is 31.4 Å². The molecule has 0 aromatic heterocycles. The van der Waals surface area contributed by atoms with Crippen molar-refractivity contribution < 1.29 is 36.3 Å². The fraction of sp³-hybridized carbons (Fsp3) is 0.259. The predicted octanol–water partition coefficient (Wildman–Crippen LogP) is 5.47. The summed E-state index contributed by atoms with van der Waals surface area (Å²) in [5.41, 5.74) is 2.82. The van der Waals surface area contributed by atoms with Crippen LogP contribution < -0.4 is 10.0 Å². The van der Waals surface area contributed by atoms with Gasteiger partial charge in [-0.15, -0.1) is 0 Å². The first-order valence-electron chi connectivity index (χ1n) is 11.8. The van der Waals surface area contributed by atoms with E-state index in [-0.39, 0.29) is 10.8 Å². The van der Waals surface area contributed by atoms with Crippen LogP contribution in [0.1, 0.15) is 29.5 Å². The molecule has 0 heterocycles. The first-order valence-corrected chi connectivity index (χ1v) is 13.6. The number of hydrogen-bond donors (Lipinski definition) is 3. The number of carbonyl (C=O) groups excluding carboxylic acids is 1. The van der Waals surface area contributed by atoms with Crippen LogP contribution in [0.4, 0.5) is 18.9 Å². The molecular weight excluding hydrogens is 557 g/mol. The van der Waals surface area contributed by atoms with E-state index in [2.05, 4.69) is 10.0 Å². The summed E-state index contributed by atoms with van der Waals surface area (Å²) in [6.45, 7) is 2.40. The maximum Gasteiger partial charge on any atom is 0.490 e. The minimum Gasteiger partial charge on any atom is -0.475 e. The Kier molecular flexibility index (Phi) is 9.29. The second-order valence-electron chi connectivity index (χ2n) is 8.97. The molecule has 0 atom stereocenters. The minimum atomic E-state index is -5.08. The number of benzene rings is 3. The van der Waals surface area contributed by atoms with Gasteiger partial charge in [0.05, 0.1) is 10.3 Å². The molecule has 3 N–H and O–H groups in total. The van der Waals surface area contributed by atoms with Crippen LogP contribution in [0.2, 0.25) is 5.02 Å². The highest BCUT2D eigenvalue weighted by atomic mass is 35.5. The van der Waals surface area contributed by atoms with E-state index in [1.54, 1.807) is 18.2 Å². The minimum absolute atomic E-state index is 0.0241. The molecule has 1 aliphatic rings. The van der Waals surface area contributed by atoms with Gasteiger partial charge in [-0.1, -0.05) is 60.1 Å². The highest BCUT2D eigenvalue weighted by Gasteiger charge is 2.51. The molecule has 0 radical (unpaired) electrons. The molecule has 0 saturated heterocycles. The molecule has 0 aliphatic heterocycles. The molecular formula is C27H26ClF3N2O5S. The summed E-state index contributed by atoms with van der Waals surface area (Å²) in [7, 11) is -3.75. The molecule has 1 amide bonds. The number of anilines is 1. The van der Waals surface area contributed by atoms with Crippen LogP contribution in [0.25, 0.3) is 0 Å². The number of aliphatic carboxylic acids is 1. The maximum absolute atomic E-state index is 12.8. The number of carboxylic acid groups (broad SMARTS) is 1. The smallest absolute Gasteiger partial charge is 0.475 e.